The molecule has 4 nitrogen and oxygen atoms in total. The molecule has 0 heterocycles. The predicted molar refractivity (Wildman–Crippen MR) is 71.9 cm³/mol. The standard InChI is InChI=1S/C15H20O4/c1-11(2)9-15(3,10-13(16)17)14(18)19-12-7-5-4-6-8-12/h4-8,11H,9-10H2,1-3H3,(H,16,17). The van der Waals surface area contributed by atoms with Crippen LogP contribution in [0.4, 0.5) is 0 Å². The lowest BCUT2D eigenvalue weighted by atomic mass is 9.79. The summed E-state index contributed by atoms with van der Waals surface area (Å²) in [6, 6.07) is 8.70. The molecular formula is C15H20O4. The molecule has 4 heteroatoms. The summed E-state index contributed by atoms with van der Waals surface area (Å²) in [6.45, 7) is 5.55. The van der Waals surface area contributed by atoms with Crippen molar-refractivity contribution >= 4 is 11.9 Å². The van der Waals surface area contributed by atoms with Crippen LogP contribution < -0.4 is 4.74 Å². The van der Waals surface area contributed by atoms with Gasteiger partial charge in [0.25, 0.3) is 0 Å². The van der Waals surface area contributed by atoms with Crippen molar-refractivity contribution in [2.75, 3.05) is 0 Å². The van der Waals surface area contributed by atoms with E-state index in [9.17, 15) is 9.59 Å². The van der Waals surface area contributed by atoms with Crippen molar-refractivity contribution < 1.29 is 19.4 Å². The fraction of sp³-hybridized carbons (Fsp3) is 0.467. The van der Waals surface area contributed by atoms with Crippen LogP contribution >= 0.6 is 0 Å². The van der Waals surface area contributed by atoms with E-state index in [1.54, 1.807) is 31.2 Å². The van der Waals surface area contributed by atoms with Crippen LogP contribution in [0.3, 0.4) is 0 Å². The summed E-state index contributed by atoms with van der Waals surface area (Å²) in [4.78, 5) is 23.2. The molecule has 0 bridgehead atoms. The van der Waals surface area contributed by atoms with Crippen LogP contribution in [0.15, 0.2) is 30.3 Å². The first-order valence-electron chi connectivity index (χ1n) is 6.32. The first-order chi connectivity index (χ1) is 8.83. The molecule has 0 amide bonds. The summed E-state index contributed by atoms with van der Waals surface area (Å²) in [5.41, 5.74) is -1.00. The second kappa shape index (κ2) is 6.36. The van der Waals surface area contributed by atoms with Gasteiger partial charge < -0.3 is 9.84 Å². The van der Waals surface area contributed by atoms with E-state index in [2.05, 4.69) is 0 Å². The molecule has 1 rings (SSSR count). The van der Waals surface area contributed by atoms with E-state index in [4.69, 9.17) is 9.84 Å². The van der Waals surface area contributed by atoms with Gasteiger partial charge in [0.15, 0.2) is 0 Å². The Kier molecular flexibility index (Phi) is 5.10. The average molecular weight is 264 g/mol. The molecule has 0 spiro atoms. The maximum Gasteiger partial charge on any atom is 0.317 e. The number of carbonyl (C=O) groups excluding carboxylic acids is 1. The zero-order valence-corrected chi connectivity index (χ0v) is 11.6. The maximum atomic E-state index is 12.2. The third-order valence-electron chi connectivity index (χ3n) is 2.85. The molecule has 1 aromatic rings. The van der Waals surface area contributed by atoms with Crippen molar-refractivity contribution in [3.63, 3.8) is 0 Å². The van der Waals surface area contributed by atoms with E-state index in [0.29, 0.717) is 12.2 Å². The fourth-order valence-electron chi connectivity index (χ4n) is 2.18. The normalized spacial score (nSPS) is 13.9. The van der Waals surface area contributed by atoms with Crippen molar-refractivity contribution in [3.05, 3.63) is 30.3 Å². The number of esters is 1. The van der Waals surface area contributed by atoms with Gasteiger partial charge in [0.05, 0.1) is 11.8 Å². The van der Waals surface area contributed by atoms with E-state index in [-0.39, 0.29) is 12.3 Å². The number of carboxylic acids is 1. The number of hydrogen-bond acceptors (Lipinski definition) is 3. The molecule has 0 aliphatic rings. The Morgan fingerprint density at radius 2 is 1.84 bits per heavy atom. The van der Waals surface area contributed by atoms with Gasteiger partial charge >= 0.3 is 11.9 Å². The Balaban J connectivity index is 2.85. The molecule has 0 saturated heterocycles. The lowest BCUT2D eigenvalue weighted by Gasteiger charge is -2.27. The third kappa shape index (κ3) is 4.73. The SMILES string of the molecule is CC(C)CC(C)(CC(=O)O)C(=O)Oc1ccccc1. The van der Waals surface area contributed by atoms with Gasteiger partial charge in [0.1, 0.15) is 5.75 Å². The van der Waals surface area contributed by atoms with Crippen LogP contribution in [0.2, 0.25) is 0 Å². The van der Waals surface area contributed by atoms with Crippen LogP contribution in [0.5, 0.6) is 5.75 Å². The van der Waals surface area contributed by atoms with Gasteiger partial charge in [0.2, 0.25) is 0 Å². The average Bonchev–Trinajstić information content (AvgIpc) is 2.27. The van der Waals surface area contributed by atoms with Crippen molar-refractivity contribution in [2.45, 2.75) is 33.6 Å². The van der Waals surface area contributed by atoms with Crippen LogP contribution in [0.25, 0.3) is 0 Å². The molecule has 19 heavy (non-hydrogen) atoms. The number of carboxylic acid groups (broad SMARTS) is 1. The Hall–Kier alpha value is -1.84. The Bertz CT molecular complexity index is 439. The van der Waals surface area contributed by atoms with Crippen molar-refractivity contribution in [1.82, 2.24) is 0 Å². The lowest BCUT2D eigenvalue weighted by Crippen LogP contribution is -2.35. The monoisotopic (exact) mass is 264 g/mol. The number of para-hydroxylation sites is 1. The van der Waals surface area contributed by atoms with Crippen molar-refractivity contribution in [1.29, 1.82) is 0 Å². The number of aliphatic carboxylic acids is 1. The summed E-state index contributed by atoms with van der Waals surface area (Å²) in [5.74, 6) is -0.830. The molecule has 1 N–H and O–H groups in total. The molecular weight excluding hydrogens is 244 g/mol. The van der Waals surface area contributed by atoms with E-state index in [1.165, 1.54) is 0 Å². The van der Waals surface area contributed by atoms with E-state index in [1.807, 2.05) is 19.9 Å². The van der Waals surface area contributed by atoms with E-state index >= 15 is 0 Å². The molecule has 0 radical (unpaired) electrons. The van der Waals surface area contributed by atoms with Gasteiger partial charge in [-0.3, -0.25) is 9.59 Å². The first kappa shape index (κ1) is 15.2. The molecule has 1 aromatic carbocycles. The first-order valence-corrected chi connectivity index (χ1v) is 6.32. The molecule has 0 saturated carbocycles. The lowest BCUT2D eigenvalue weighted by molar-refractivity contribution is -0.153. The summed E-state index contributed by atoms with van der Waals surface area (Å²) in [7, 11) is 0. The zero-order valence-electron chi connectivity index (χ0n) is 11.6. The molecule has 1 unspecified atom stereocenters. The van der Waals surface area contributed by atoms with Gasteiger partial charge in [-0.15, -0.1) is 0 Å². The summed E-state index contributed by atoms with van der Waals surface area (Å²) < 4.78 is 5.28. The second-order valence-corrected chi connectivity index (χ2v) is 5.43. The Morgan fingerprint density at radius 3 is 2.32 bits per heavy atom. The quantitative estimate of drug-likeness (QED) is 0.633. The van der Waals surface area contributed by atoms with Crippen LogP contribution in [-0.2, 0) is 9.59 Å². The Labute approximate surface area is 113 Å². The predicted octanol–water partition coefficient (Wildman–Crippen LogP) is 3.12. The van der Waals surface area contributed by atoms with E-state index < -0.39 is 17.4 Å². The highest BCUT2D eigenvalue weighted by Crippen LogP contribution is 2.32. The zero-order chi connectivity index (χ0) is 14.5. The highest BCUT2D eigenvalue weighted by atomic mass is 16.5. The molecule has 0 aliphatic heterocycles. The van der Waals surface area contributed by atoms with Gasteiger partial charge in [-0.05, 0) is 31.4 Å². The highest BCUT2D eigenvalue weighted by molar-refractivity contribution is 5.83. The largest absolute Gasteiger partial charge is 0.481 e. The molecule has 104 valence electrons. The topological polar surface area (TPSA) is 63.6 Å². The number of hydrogen-bond donors (Lipinski definition) is 1. The van der Waals surface area contributed by atoms with E-state index in [0.717, 1.165) is 0 Å². The summed E-state index contributed by atoms with van der Waals surface area (Å²) >= 11 is 0. The fourth-order valence-corrected chi connectivity index (χ4v) is 2.18. The Morgan fingerprint density at radius 1 is 1.26 bits per heavy atom. The highest BCUT2D eigenvalue weighted by Gasteiger charge is 2.38. The number of benzene rings is 1. The summed E-state index contributed by atoms with van der Waals surface area (Å²) in [5, 5.41) is 8.97. The molecule has 1 atom stereocenters. The number of rotatable bonds is 6. The van der Waals surface area contributed by atoms with Crippen LogP contribution in [0, 0.1) is 11.3 Å². The minimum absolute atomic E-state index is 0.215. The second-order valence-electron chi connectivity index (χ2n) is 5.43. The van der Waals surface area contributed by atoms with Gasteiger partial charge in [-0.2, -0.15) is 0 Å². The molecule has 0 fully saturated rings. The van der Waals surface area contributed by atoms with Gasteiger partial charge in [0, 0.05) is 0 Å². The molecule has 0 aromatic heterocycles. The minimum Gasteiger partial charge on any atom is -0.481 e. The molecule has 0 aliphatic carbocycles. The number of carbonyl (C=O) groups is 2. The van der Waals surface area contributed by atoms with Crippen molar-refractivity contribution in [3.8, 4) is 5.75 Å². The third-order valence-corrected chi connectivity index (χ3v) is 2.85. The minimum atomic E-state index is -1.00. The summed E-state index contributed by atoms with van der Waals surface area (Å²) in [6.07, 6.45) is 0.252. The van der Waals surface area contributed by atoms with Gasteiger partial charge in [-0.25, -0.2) is 0 Å². The van der Waals surface area contributed by atoms with Gasteiger partial charge in [-0.1, -0.05) is 32.0 Å². The smallest absolute Gasteiger partial charge is 0.317 e. The number of ether oxygens (including phenoxy) is 1. The maximum absolute atomic E-state index is 12.2. The van der Waals surface area contributed by atoms with Crippen LogP contribution in [0.1, 0.15) is 33.6 Å². The van der Waals surface area contributed by atoms with Crippen LogP contribution in [-0.4, -0.2) is 17.0 Å². The van der Waals surface area contributed by atoms with Crippen molar-refractivity contribution in [2.24, 2.45) is 11.3 Å².